The van der Waals surface area contributed by atoms with Gasteiger partial charge >= 0.3 is 5.97 Å². The number of aliphatic carboxylic acids is 1. The molecule has 1 aliphatic heterocycles. The third kappa shape index (κ3) is 1.37. The van der Waals surface area contributed by atoms with Crippen LogP contribution in [0.4, 0.5) is 4.39 Å². The lowest BCUT2D eigenvalue weighted by Gasteiger charge is -2.23. The summed E-state index contributed by atoms with van der Waals surface area (Å²) in [6.07, 6.45) is -1.14. The number of carbonyl (C=O) groups is 1. The van der Waals surface area contributed by atoms with Gasteiger partial charge in [-0.3, -0.25) is 0 Å². The summed E-state index contributed by atoms with van der Waals surface area (Å²) in [6.45, 7) is -0.105. The van der Waals surface area contributed by atoms with Crippen LogP contribution in [0.3, 0.4) is 0 Å². The zero-order chi connectivity index (χ0) is 10.1. The Morgan fingerprint density at radius 2 is 2.36 bits per heavy atom. The van der Waals surface area contributed by atoms with Gasteiger partial charge in [0.05, 0.1) is 0 Å². The summed E-state index contributed by atoms with van der Waals surface area (Å²) < 4.78 is 23.1. The van der Waals surface area contributed by atoms with Crippen LogP contribution >= 0.6 is 0 Å². The van der Waals surface area contributed by atoms with Gasteiger partial charge in [0.25, 0.3) is 0 Å². The van der Waals surface area contributed by atoms with Crippen LogP contribution < -0.4 is 9.47 Å². The maximum Gasteiger partial charge on any atom is 0.348 e. The number of carboxylic acids is 1. The Balaban J connectivity index is 2.33. The first-order valence-corrected chi connectivity index (χ1v) is 3.99. The summed E-state index contributed by atoms with van der Waals surface area (Å²) in [5, 5.41) is 8.63. The van der Waals surface area contributed by atoms with Gasteiger partial charge in [-0.15, -0.1) is 0 Å². The molecule has 0 aliphatic carbocycles. The molecule has 1 aromatic carbocycles. The van der Waals surface area contributed by atoms with E-state index in [0.717, 1.165) is 0 Å². The van der Waals surface area contributed by atoms with E-state index in [1.165, 1.54) is 18.2 Å². The predicted molar refractivity (Wildman–Crippen MR) is 43.9 cm³/mol. The second-order valence-corrected chi connectivity index (χ2v) is 2.82. The van der Waals surface area contributed by atoms with Gasteiger partial charge in [0.15, 0.2) is 17.3 Å². The fourth-order valence-electron chi connectivity index (χ4n) is 1.18. The number of hydrogen-bond acceptors (Lipinski definition) is 3. The van der Waals surface area contributed by atoms with Crippen molar-refractivity contribution in [3.8, 4) is 11.5 Å². The molecule has 0 aromatic heterocycles. The predicted octanol–water partition coefficient (Wildman–Crippen LogP) is 1.05. The molecule has 1 heterocycles. The first kappa shape index (κ1) is 8.80. The van der Waals surface area contributed by atoms with E-state index in [1.807, 2.05) is 0 Å². The Morgan fingerprint density at radius 1 is 1.57 bits per heavy atom. The zero-order valence-corrected chi connectivity index (χ0v) is 7.07. The van der Waals surface area contributed by atoms with E-state index < -0.39 is 17.9 Å². The normalized spacial score (nSPS) is 19.1. The molecule has 74 valence electrons. The van der Waals surface area contributed by atoms with Crippen molar-refractivity contribution in [3.63, 3.8) is 0 Å². The van der Waals surface area contributed by atoms with Crippen LogP contribution in [0.25, 0.3) is 0 Å². The molecule has 2 rings (SSSR count). The van der Waals surface area contributed by atoms with Gasteiger partial charge < -0.3 is 14.6 Å². The molecule has 5 heteroatoms. The summed E-state index contributed by atoms with van der Waals surface area (Å²) in [5.74, 6) is -1.68. The highest BCUT2D eigenvalue weighted by Crippen LogP contribution is 2.33. The van der Waals surface area contributed by atoms with Crippen LogP contribution in [0.2, 0.25) is 0 Å². The molecule has 14 heavy (non-hydrogen) atoms. The Bertz CT molecular complexity index is 377. The molecule has 0 saturated carbocycles. The van der Waals surface area contributed by atoms with Crippen LogP contribution in [0.15, 0.2) is 18.2 Å². The van der Waals surface area contributed by atoms with Crippen molar-refractivity contribution in [1.82, 2.24) is 0 Å². The molecule has 1 N–H and O–H groups in total. The Labute approximate surface area is 78.9 Å². The number of ether oxygens (including phenoxy) is 2. The fourth-order valence-corrected chi connectivity index (χ4v) is 1.18. The minimum Gasteiger partial charge on any atom is -0.485 e. The molecule has 0 saturated heterocycles. The molecule has 1 aliphatic rings. The van der Waals surface area contributed by atoms with Crippen molar-refractivity contribution < 1.29 is 23.8 Å². The standard InChI is InChI=1S/C9H7FO4/c10-5-2-1-3-6-8(5)14-7(4-13-6)9(11)12/h1-3,7H,4H2,(H,11,12). The van der Waals surface area contributed by atoms with E-state index in [-0.39, 0.29) is 18.1 Å². The SMILES string of the molecule is O=C(O)C1COc2cccc(F)c2O1. The van der Waals surface area contributed by atoms with E-state index in [4.69, 9.17) is 14.6 Å². The second-order valence-electron chi connectivity index (χ2n) is 2.82. The topological polar surface area (TPSA) is 55.8 Å². The Hall–Kier alpha value is -1.78. The van der Waals surface area contributed by atoms with Crippen molar-refractivity contribution in [2.45, 2.75) is 6.10 Å². The molecule has 0 bridgehead atoms. The summed E-state index contributed by atoms with van der Waals surface area (Å²) in [5.41, 5.74) is 0. The number of halogens is 1. The van der Waals surface area contributed by atoms with Crippen molar-refractivity contribution in [2.75, 3.05) is 6.61 Å². The van der Waals surface area contributed by atoms with Gasteiger partial charge in [-0.05, 0) is 12.1 Å². The zero-order valence-electron chi connectivity index (χ0n) is 7.07. The molecule has 1 atom stereocenters. The molecule has 0 spiro atoms. The average molecular weight is 198 g/mol. The maximum absolute atomic E-state index is 13.1. The first-order valence-electron chi connectivity index (χ1n) is 3.99. The van der Waals surface area contributed by atoms with Crippen molar-refractivity contribution in [2.24, 2.45) is 0 Å². The highest BCUT2D eigenvalue weighted by Gasteiger charge is 2.28. The Kier molecular flexibility index (Phi) is 1.99. The number of hydrogen-bond donors (Lipinski definition) is 1. The van der Waals surface area contributed by atoms with E-state index in [0.29, 0.717) is 0 Å². The highest BCUT2D eigenvalue weighted by molar-refractivity contribution is 5.73. The summed E-state index contributed by atoms with van der Waals surface area (Å²) in [6, 6.07) is 4.18. The number of carboxylic acid groups (broad SMARTS) is 1. The number of benzene rings is 1. The van der Waals surface area contributed by atoms with E-state index >= 15 is 0 Å². The van der Waals surface area contributed by atoms with Gasteiger partial charge in [0, 0.05) is 0 Å². The van der Waals surface area contributed by atoms with E-state index in [2.05, 4.69) is 0 Å². The smallest absolute Gasteiger partial charge is 0.348 e. The average Bonchev–Trinajstić information content (AvgIpc) is 2.18. The third-order valence-electron chi connectivity index (χ3n) is 1.86. The van der Waals surface area contributed by atoms with Crippen molar-refractivity contribution in [3.05, 3.63) is 24.0 Å². The second kappa shape index (κ2) is 3.17. The number of para-hydroxylation sites is 1. The van der Waals surface area contributed by atoms with Crippen LogP contribution in [0.5, 0.6) is 11.5 Å². The Morgan fingerprint density at radius 3 is 3.07 bits per heavy atom. The number of rotatable bonds is 1. The molecular formula is C9H7FO4. The van der Waals surface area contributed by atoms with Crippen LogP contribution in [0.1, 0.15) is 0 Å². The van der Waals surface area contributed by atoms with Crippen molar-refractivity contribution >= 4 is 5.97 Å². The summed E-state index contributed by atoms with van der Waals surface area (Å²) >= 11 is 0. The molecule has 0 radical (unpaired) electrons. The molecule has 1 unspecified atom stereocenters. The largest absolute Gasteiger partial charge is 0.485 e. The van der Waals surface area contributed by atoms with Gasteiger partial charge in [-0.1, -0.05) is 6.07 Å². The molecule has 4 nitrogen and oxygen atoms in total. The first-order chi connectivity index (χ1) is 6.68. The van der Waals surface area contributed by atoms with E-state index in [1.54, 1.807) is 0 Å². The summed E-state index contributed by atoms with van der Waals surface area (Å²) in [4.78, 5) is 10.5. The summed E-state index contributed by atoms with van der Waals surface area (Å²) in [7, 11) is 0. The van der Waals surface area contributed by atoms with Crippen LogP contribution in [-0.2, 0) is 4.79 Å². The van der Waals surface area contributed by atoms with Gasteiger partial charge in [0.1, 0.15) is 6.61 Å². The number of fused-ring (bicyclic) bond motifs is 1. The van der Waals surface area contributed by atoms with Gasteiger partial charge in [-0.2, -0.15) is 0 Å². The fraction of sp³-hybridized carbons (Fsp3) is 0.222. The van der Waals surface area contributed by atoms with Crippen LogP contribution in [0, 0.1) is 5.82 Å². The molecule has 0 amide bonds. The lowest BCUT2D eigenvalue weighted by Crippen LogP contribution is -2.36. The lowest BCUT2D eigenvalue weighted by molar-refractivity contribution is -0.147. The van der Waals surface area contributed by atoms with Gasteiger partial charge in [0.2, 0.25) is 6.10 Å². The van der Waals surface area contributed by atoms with Crippen LogP contribution in [-0.4, -0.2) is 23.8 Å². The molecule has 0 fully saturated rings. The molecule has 1 aromatic rings. The molecular weight excluding hydrogens is 191 g/mol. The monoisotopic (exact) mass is 198 g/mol. The maximum atomic E-state index is 13.1. The minimum absolute atomic E-state index is 0.105. The van der Waals surface area contributed by atoms with Crippen molar-refractivity contribution in [1.29, 1.82) is 0 Å². The highest BCUT2D eigenvalue weighted by atomic mass is 19.1. The lowest BCUT2D eigenvalue weighted by atomic mass is 10.2. The quantitative estimate of drug-likeness (QED) is 0.732. The third-order valence-corrected chi connectivity index (χ3v) is 1.86. The minimum atomic E-state index is -1.17. The van der Waals surface area contributed by atoms with Gasteiger partial charge in [-0.25, -0.2) is 9.18 Å². The van der Waals surface area contributed by atoms with E-state index in [9.17, 15) is 9.18 Å².